The molecule has 27 heavy (non-hydrogen) atoms. The fraction of sp³-hybridized carbons (Fsp3) is 0.913. The Labute approximate surface area is 167 Å². The highest BCUT2D eigenvalue weighted by molar-refractivity contribution is 5.93. The van der Waals surface area contributed by atoms with Crippen molar-refractivity contribution in [2.24, 2.45) is 5.92 Å². The van der Waals surface area contributed by atoms with Crippen molar-refractivity contribution < 1.29 is 19.4 Å². The van der Waals surface area contributed by atoms with Crippen LogP contribution in [-0.2, 0) is 14.3 Å². The number of aliphatic carboxylic acids is 1. The van der Waals surface area contributed by atoms with E-state index in [-0.39, 0.29) is 0 Å². The van der Waals surface area contributed by atoms with E-state index in [0.29, 0.717) is 13.0 Å². The fourth-order valence-electron chi connectivity index (χ4n) is 3.33. The molecule has 1 unspecified atom stereocenters. The van der Waals surface area contributed by atoms with E-state index in [1.165, 1.54) is 70.6 Å². The molecule has 0 aliphatic heterocycles. The number of esters is 1. The zero-order valence-corrected chi connectivity index (χ0v) is 18.0. The van der Waals surface area contributed by atoms with Crippen LogP contribution in [0.3, 0.4) is 0 Å². The highest BCUT2D eigenvalue weighted by Crippen LogP contribution is 2.14. The van der Waals surface area contributed by atoms with Crippen LogP contribution < -0.4 is 0 Å². The van der Waals surface area contributed by atoms with Gasteiger partial charge in [-0.25, -0.2) is 0 Å². The Morgan fingerprint density at radius 3 is 1.52 bits per heavy atom. The maximum atomic E-state index is 11.9. The minimum absolute atomic E-state index is 0.355. The third kappa shape index (κ3) is 16.8. The van der Waals surface area contributed by atoms with Gasteiger partial charge >= 0.3 is 11.9 Å². The van der Waals surface area contributed by atoms with Crippen molar-refractivity contribution in [1.82, 2.24) is 0 Å². The maximum Gasteiger partial charge on any atom is 0.320 e. The Balaban J connectivity index is 3.46. The maximum absolute atomic E-state index is 11.9. The molecular formula is C23H44O4. The van der Waals surface area contributed by atoms with Crippen LogP contribution in [0.4, 0.5) is 0 Å². The average Bonchev–Trinajstić information content (AvgIpc) is 2.65. The average molecular weight is 385 g/mol. The van der Waals surface area contributed by atoms with Crippen LogP contribution in [0, 0.1) is 5.92 Å². The summed E-state index contributed by atoms with van der Waals surface area (Å²) in [5.74, 6) is -2.60. The lowest BCUT2D eigenvalue weighted by atomic mass is 10.0. The van der Waals surface area contributed by atoms with Crippen molar-refractivity contribution in [3.05, 3.63) is 0 Å². The van der Waals surface area contributed by atoms with Gasteiger partial charge in [0.25, 0.3) is 0 Å². The monoisotopic (exact) mass is 384 g/mol. The molecule has 0 spiro atoms. The molecule has 0 saturated carbocycles. The van der Waals surface area contributed by atoms with Crippen molar-refractivity contribution in [3.63, 3.8) is 0 Å². The molecule has 0 radical (unpaired) electrons. The van der Waals surface area contributed by atoms with E-state index < -0.39 is 17.9 Å². The number of carboxylic acid groups (broad SMARTS) is 1. The molecule has 0 heterocycles. The lowest BCUT2D eigenvalue weighted by molar-refractivity contribution is -0.159. The molecular weight excluding hydrogens is 340 g/mol. The molecule has 1 atom stereocenters. The van der Waals surface area contributed by atoms with Gasteiger partial charge in [0, 0.05) is 0 Å². The summed E-state index contributed by atoms with van der Waals surface area (Å²) in [6.45, 7) is 4.67. The van der Waals surface area contributed by atoms with Gasteiger partial charge in [0.1, 0.15) is 0 Å². The summed E-state index contributed by atoms with van der Waals surface area (Å²) >= 11 is 0. The number of carbonyl (C=O) groups is 2. The quantitative estimate of drug-likeness (QED) is 0.141. The van der Waals surface area contributed by atoms with E-state index in [1.54, 1.807) is 0 Å². The Hall–Kier alpha value is -1.06. The zero-order chi connectivity index (χ0) is 20.2. The third-order valence-corrected chi connectivity index (χ3v) is 5.17. The molecule has 0 fully saturated rings. The molecule has 0 aromatic carbocycles. The Morgan fingerprint density at radius 2 is 1.07 bits per heavy atom. The Bertz CT molecular complexity index is 354. The lowest BCUT2D eigenvalue weighted by Crippen LogP contribution is -2.26. The summed E-state index contributed by atoms with van der Waals surface area (Å²) in [4.78, 5) is 23.1. The molecule has 0 rings (SSSR count). The number of hydrogen-bond donors (Lipinski definition) is 1. The molecule has 4 heteroatoms. The summed E-state index contributed by atoms with van der Waals surface area (Å²) < 4.78 is 5.18. The van der Waals surface area contributed by atoms with Crippen LogP contribution >= 0.6 is 0 Å². The second kappa shape index (κ2) is 19.7. The minimum atomic E-state index is -1.05. The summed E-state index contributed by atoms with van der Waals surface area (Å²) in [5.41, 5.74) is 0. The Kier molecular flexibility index (Phi) is 18.9. The van der Waals surface area contributed by atoms with Gasteiger partial charge in [0.05, 0.1) is 6.61 Å². The van der Waals surface area contributed by atoms with Crippen LogP contribution in [0.2, 0.25) is 0 Å². The molecule has 0 amide bonds. The number of carbonyl (C=O) groups excluding carboxylic acids is 1. The number of rotatable bonds is 20. The molecule has 160 valence electrons. The van der Waals surface area contributed by atoms with Gasteiger partial charge in [-0.2, -0.15) is 0 Å². The van der Waals surface area contributed by atoms with Crippen LogP contribution in [0.1, 0.15) is 123 Å². The van der Waals surface area contributed by atoms with E-state index in [9.17, 15) is 9.59 Å². The number of unbranched alkanes of at least 4 members (excludes halogenated alkanes) is 14. The summed E-state index contributed by atoms with van der Waals surface area (Å²) in [5, 5.41) is 9.16. The molecule has 0 aliphatic rings. The smallest absolute Gasteiger partial charge is 0.320 e. The molecule has 4 nitrogen and oxygen atoms in total. The van der Waals surface area contributed by atoms with Crippen molar-refractivity contribution >= 4 is 11.9 Å². The van der Waals surface area contributed by atoms with Gasteiger partial charge in [-0.15, -0.1) is 0 Å². The highest BCUT2D eigenvalue weighted by atomic mass is 16.5. The van der Waals surface area contributed by atoms with E-state index in [0.717, 1.165) is 32.1 Å². The van der Waals surface area contributed by atoms with Crippen molar-refractivity contribution in [1.29, 1.82) is 0 Å². The van der Waals surface area contributed by atoms with Crippen molar-refractivity contribution in [3.8, 4) is 0 Å². The molecule has 0 bridgehead atoms. The van der Waals surface area contributed by atoms with Gasteiger partial charge in [-0.05, 0) is 12.8 Å². The number of carboxylic acids is 1. The lowest BCUT2D eigenvalue weighted by Gasteiger charge is -2.11. The molecule has 1 N–H and O–H groups in total. The van der Waals surface area contributed by atoms with Crippen LogP contribution in [-0.4, -0.2) is 23.7 Å². The minimum Gasteiger partial charge on any atom is -0.481 e. The summed E-state index contributed by atoms with van der Waals surface area (Å²) in [6, 6.07) is 0. The second-order valence-corrected chi connectivity index (χ2v) is 7.80. The van der Waals surface area contributed by atoms with E-state index in [2.05, 4.69) is 13.8 Å². The molecule has 0 aromatic heterocycles. The van der Waals surface area contributed by atoms with Crippen LogP contribution in [0.15, 0.2) is 0 Å². The predicted octanol–water partition coefficient (Wildman–Crippen LogP) is 6.90. The summed E-state index contributed by atoms with van der Waals surface area (Å²) in [7, 11) is 0. The first-order valence-corrected chi connectivity index (χ1v) is 11.5. The van der Waals surface area contributed by atoms with Gasteiger partial charge < -0.3 is 9.84 Å². The van der Waals surface area contributed by atoms with E-state index in [4.69, 9.17) is 9.84 Å². The van der Waals surface area contributed by atoms with Gasteiger partial charge in [-0.1, -0.05) is 110 Å². The van der Waals surface area contributed by atoms with E-state index in [1.807, 2.05) is 0 Å². The van der Waals surface area contributed by atoms with Gasteiger partial charge in [0.15, 0.2) is 5.92 Å². The highest BCUT2D eigenvalue weighted by Gasteiger charge is 2.26. The topological polar surface area (TPSA) is 63.6 Å². The second-order valence-electron chi connectivity index (χ2n) is 7.80. The SMILES string of the molecule is CCCCCCCCCCCCCCCOC(=O)C(CCCCC)C(=O)O. The van der Waals surface area contributed by atoms with Gasteiger partial charge in [0.2, 0.25) is 0 Å². The fourth-order valence-corrected chi connectivity index (χ4v) is 3.33. The molecule has 0 saturated heterocycles. The normalized spacial score (nSPS) is 12.1. The standard InChI is InChI=1S/C23H44O4/c1-3-5-7-8-9-10-11-12-13-14-15-16-18-20-27-23(26)21(22(24)25)19-17-6-4-2/h21H,3-20H2,1-2H3,(H,24,25). The van der Waals surface area contributed by atoms with Gasteiger partial charge in [-0.3, -0.25) is 9.59 Å². The van der Waals surface area contributed by atoms with Crippen molar-refractivity contribution in [2.45, 2.75) is 123 Å². The predicted molar refractivity (Wildman–Crippen MR) is 112 cm³/mol. The first-order valence-electron chi connectivity index (χ1n) is 11.5. The molecule has 0 aliphatic carbocycles. The van der Waals surface area contributed by atoms with E-state index >= 15 is 0 Å². The van der Waals surface area contributed by atoms with Crippen LogP contribution in [0.5, 0.6) is 0 Å². The molecule has 0 aromatic rings. The first kappa shape index (κ1) is 25.9. The first-order chi connectivity index (χ1) is 13.1. The number of hydrogen-bond acceptors (Lipinski definition) is 3. The zero-order valence-electron chi connectivity index (χ0n) is 18.0. The largest absolute Gasteiger partial charge is 0.481 e. The third-order valence-electron chi connectivity index (χ3n) is 5.17. The number of ether oxygens (including phenoxy) is 1. The van der Waals surface area contributed by atoms with Crippen LogP contribution in [0.25, 0.3) is 0 Å². The van der Waals surface area contributed by atoms with Crippen molar-refractivity contribution in [2.75, 3.05) is 6.61 Å². The Morgan fingerprint density at radius 1 is 0.667 bits per heavy atom. The summed E-state index contributed by atoms with van der Waals surface area (Å²) in [6.07, 6.45) is 19.7.